The molecule has 0 unspecified atom stereocenters. The molecule has 0 spiro atoms. The van der Waals surface area contributed by atoms with Gasteiger partial charge in [-0.15, -0.1) is 0 Å². The van der Waals surface area contributed by atoms with Crippen LogP contribution in [0.5, 0.6) is 0 Å². The lowest BCUT2D eigenvalue weighted by Crippen LogP contribution is -2.15. The van der Waals surface area contributed by atoms with Gasteiger partial charge in [-0.3, -0.25) is 9.82 Å². The lowest BCUT2D eigenvalue weighted by molar-refractivity contribution is 0.600. The summed E-state index contributed by atoms with van der Waals surface area (Å²) in [7, 11) is -3.69. The predicted molar refractivity (Wildman–Crippen MR) is 94.6 cm³/mol. The predicted octanol–water partition coefficient (Wildman–Crippen LogP) is 3.42. The third-order valence-corrected chi connectivity index (χ3v) is 5.46. The van der Waals surface area contributed by atoms with Crippen molar-refractivity contribution in [2.75, 3.05) is 4.72 Å². The Kier molecular flexibility index (Phi) is 4.40. The molecule has 0 radical (unpaired) electrons. The standard InChI is InChI=1S/C18H19N3O2S/c1-13-18(14(2)20-19-13)24(22,23)21-17-11-7-6-10-16(17)12-15-8-4-3-5-9-15/h3-11,21H,12H2,1-2H3,(H,19,20). The van der Waals surface area contributed by atoms with Gasteiger partial charge in [0.2, 0.25) is 0 Å². The summed E-state index contributed by atoms with van der Waals surface area (Å²) in [6.45, 7) is 3.37. The number of hydrogen-bond acceptors (Lipinski definition) is 3. The summed E-state index contributed by atoms with van der Waals surface area (Å²) >= 11 is 0. The molecule has 0 amide bonds. The van der Waals surface area contributed by atoms with Crippen molar-refractivity contribution in [1.82, 2.24) is 10.2 Å². The highest BCUT2D eigenvalue weighted by atomic mass is 32.2. The number of rotatable bonds is 5. The van der Waals surface area contributed by atoms with Gasteiger partial charge in [-0.1, -0.05) is 48.5 Å². The van der Waals surface area contributed by atoms with E-state index in [-0.39, 0.29) is 4.90 Å². The first kappa shape index (κ1) is 16.3. The molecule has 24 heavy (non-hydrogen) atoms. The van der Waals surface area contributed by atoms with Crippen LogP contribution in [0.2, 0.25) is 0 Å². The number of para-hydroxylation sites is 1. The molecule has 0 aliphatic carbocycles. The molecule has 0 aliphatic heterocycles. The van der Waals surface area contributed by atoms with Gasteiger partial charge in [0.1, 0.15) is 4.90 Å². The van der Waals surface area contributed by atoms with Crippen LogP contribution >= 0.6 is 0 Å². The second-order valence-electron chi connectivity index (χ2n) is 5.69. The highest BCUT2D eigenvalue weighted by molar-refractivity contribution is 7.92. The van der Waals surface area contributed by atoms with Crippen LogP contribution in [0.3, 0.4) is 0 Å². The van der Waals surface area contributed by atoms with Crippen molar-refractivity contribution in [2.45, 2.75) is 25.2 Å². The maximum absolute atomic E-state index is 12.7. The van der Waals surface area contributed by atoms with Crippen LogP contribution in [0, 0.1) is 13.8 Å². The van der Waals surface area contributed by atoms with Gasteiger partial charge in [0.15, 0.2) is 0 Å². The number of hydrogen-bond donors (Lipinski definition) is 2. The first-order valence-electron chi connectivity index (χ1n) is 7.63. The number of benzene rings is 2. The van der Waals surface area contributed by atoms with Crippen molar-refractivity contribution < 1.29 is 8.42 Å². The Morgan fingerprint density at radius 1 is 1.00 bits per heavy atom. The maximum Gasteiger partial charge on any atom is 0.265 e. The van der Waals surface area contributed by atoms with Crippen LogP contribution in [0.1, 0.15) is 22.5 Å². The second-order valence-corrected chi connectivity index (χ2v) is 7.31. The Hall–Kier alpha value is -2.60. The topological polar surface area (TPSA) is 74.8 Å². The molecule has 0 saturated heterocycles. The fourth-order valence-corrected chi connectivity index (χ4v) is 4.20. The van der Waals surface area contributed by atoms with Gasteiger partial charge in [-0.2, -0.15) is 5.10 Å². The van der Waals surface area contributed by atoms with Crippen molar-refractivity contribution in [3.8, 4) is 0 Å². The summed E-state index contributed by atoms with van der Waals surface area (Å²) in [5.74, 6) is 0. The van der Waals surface area contributed by atoms with Gasteiger partial charge < -0.3 is 0 Å². The molecule has 0 aliphatic rings. The first-order valence-corrected chi connectivity index (χ1v) is 9.12. The minimum Gasteiger partial charge on any atom is -0.281 e. The van der Waals surface area contributed by atoms with Crippen molar-refractivity contribution in [2.24, 2.45) is 0 Å². The van der Waals surface area contributed by atoms with Crippen LogP contribution in [0.25, 0.3) is 0 Å². The highest BCUT2D eigenvalue weighted by Crippen LogP contribution is 2.24. The summed E-state index contributed by atoms with van der Waals surface area (Å²) in [5, 5.41) is 6.68. The number of nitrogens with zero attached hydrogens (tertiary/aromatic N) is 1. The van der Waals surface area contributed by atoms with Crippen molar-refractivity contribution in [1.29, 1.82) is 0 Å². The molecule has 0 saturated carbocycles. The Morgan fingerprint density at radius 2 is 1.67 bits per heavy atom. The third-order valence-electron chi connectivity index (χ3n) is 3.83. The zero-order valence-corrected chi connectivity index (χ0v) is 14.4. The molecule has 0 fully saturated rings. The highest BCUT2D eigenvalue weighted by Gasteiger charge is 2.23. The van der Waals surface area contributed by atoms with Crippen LogP contribution < -0.4 is 4.72 Å². The fraction of sp³-hybridized carbons (Fsp3) is 0.167. The van der Waals surface area contributed by atoms with Gasteiger partial charge in [-0.25, -0.2) is 8.42 Å². The van der Waals surface area contributed by atoms with Gasteiger partial charge in [0.05, 0.1) is 17.1 Å². The molecular formula is C18H19N3O2S. The zero-order valence-electron chi connectivity index (χ0n) is 13.6. The largest absolute Gasteiger partial charge is 0.281 e. The number of aryl methyl sites for hydroxylation is 2. The molecule has 1 heterocycles. The maximum atomic E-state index is 12.7. The van der Waals surface area contributed by atoms with Crippen LogP contribution in [-0.4, -0.2) is 18.6 Å². The van der Waals surface area contributed by atoms with E-state index in [1.54, 1.807) is 19.9 Å². The quantitative estimate of drug-likeness (QED) is 0.747. The molecule has 124 valence electrons. The van der Waals surface area contributed by atoms with Crippen LogP contribution in [0.15, 0.2) is 59.5 Å². The fourth-order valence-electron chi connectivity index (χ4n) is 2.72. The number of H-pyrrole nitrogens is 1. The van der Waals surface area contributed by atoms with Gasteiger partial charge in [-0.05, 0) is 37.5 Å². The molecule has 0 atom stereocenters. The van der Waals surface area contributed by atoms with E-state index in [1.807, 2.05) is 48.5 Å². The monoisotopic (exact) mass is 341 g/mol. The van der Waals surface area contributed by atoms with Crippen molar-refractivity contribution in [3.63, 3.8) is 0 Å². The number of sulfonamides is 1. The van der Waals surface area contributed by atoms with Crippen molar-refractivity contribution >= 4 is 15.7 Å². The number of anilines is 1. The first-order chi connectivity index (χ1) is 11.5. The molecule has 3 rings (SSSR count). The SMILES string of the molecule is Cc1n[nH]c(C)c1S(=O)(=O)Nc1ccccc1Cc1ccccc1. The van der Waals surface area contributed by atoms with Crippen LogP contribution in [-0.2, 0) is 16.4 Å². The van der Waals surface area contributed by atoms with E-state index in [1.165, 1.54) is 0 Å². The third kappa shape index (κ3) is 3.33. The smallest absolute Gasteiger partial charge is 0.265 e. The van der Waals surface area contributed by atoms with E-state index in [2.05, 4.69) is 14.9 Å². The van der Waals surface area contributed by atoms with Gasteiger partial charge in [0, 0.05) is 0 Å². The summed E-state index contributed by atoms with van der Waals surface area (Å²) < 4.78 is 28.2. The second kappa shape index (κ2) is 6.49. The minimum atomic E-state index is -3.69. The molecular weight excluding hydrogens is 322 g/mol. The number of nitrogens with one attached hydrogen (secondary N) is 2. The zero-order chi connectivity index (χ0) is 17.2. The average Bonchev–Trinajstić information content (AvgIpc) is 2.90. The number of aromatic nitrogens is 2. The Balaban J connectivity index is 1.94. The molecule has 0 bridgehead atoms. The van der Waals surface area contributed by atoms with E-state index in [4.69, 9.17) is 0 Å². The Labute approximate surface area is 141 Å². The summed E-state index contributed by atoms with van der Waals surface area (Å²) in [4.78, 5) is 0.206. The van der Waals surface area contributed by atoms with E-state index in [9.17, 15) is 8.42 Å². The molecule has 2 aromatic carbocycles. The van der Waals surface area contributed by atoms with E-state index in [0.29, 0.717) is 23.5 Å². The van der Waals surface area contributed by atoms with Crippen LogP contribution in [0.4, 0.5) is 5.69 Å². The lowest BCUT2D eigenvalue weighted by atomic mass is 10.0. The summed E-state index contributed by atoms with van der Waals surface area (Å²) in [6, 6.07) is 17.4. The molecule has 2 N–H and O–H groups in total. The summed E-state index contributed by atoms with van der Waals surface area (Å²) in [5.41, 5.74) is 3.62. The average molecular weight is 341 g/mol. The van der Waals surface area contributed by atoms with E-state index in [0.717, 1.165) is 11.1 Å². The Bertz CT molecular complexity index is 928. The van der Waals surface area contributed by atoms with Gasteiger partial charge >= 0.3 is 0 Å². The van der Waals surface area contributed by atoms with Gasteiger partial charge in [0.25, 0.3) is 10.0 Å². The molecule has 1 aromatic heterocycles. The normalized spacial score (nSPS) is 11.4. The Morgan fingerprint density at radius 3 is 2.33 bits per heavy atom. The van der Waals surface area contributed by atoms with E-state index < -0.39 is 10.0 Å². The molecule has 6 heteroatoms. The van der Waals surface area contributed by atoms with E-state index >= 15 is 0 Å². The summed E-state index contributed by atoms with van der Waals surface area (Å²) in [6.07, 6.45) is 0.656. The molecule has 3 aromatic rings. The minimum absolute atomic E-state index is 0.206. The van der Waals surface area contributed by atoms with Crippen molar-refractivity contribution in [3.05, 3.63) is 77.1 Å². The molecule has 5 nitrogen and oxygen atoms in total. The number of aromatic amines is 1. The lowest BCUT2D eigenvalue weighted by Gasteiger charge is -2.13.